The molecule has 98 valence electrons. The predicted molar refractivity (Wildman–Crippen MR) is 72.9 cm³/mol. The second kappa shape index (κ2) is 13.0. The Morgan fingerprint density at radius 1 is 0.750 bits per heavy atom. The Morgan fingerprint density at radius 2 is 1.31 bits per heavy atom. The van der Waals surface area contributed by atoms with E-state index in [9.17, 15) is 0 Å². The van der Waals surface area contributed by atoms with Gasteiger partial charge in [0.2, 0.25) is 0 Å². The average Bonchev–Trinajstić information content (AvgIpc) is 2.28. The van der Waals surface area contributed by atoms with E-state index >= 15 is 0 Å². The van der Waals surface area contributed by atoms with E-state index in [-0.39, 0.29) is 0 Å². The molecule has 1 atom stereocenters. The molecule has 0 fully saturated rings. The number of rotatable bonds is 12. The van der Waals surface area contributed by atoms with Gasteiger partial charge in [0.25, 0.3) is 0 Å². The third-order valence-corrected chi connectivity index (χ3v) is 3.11. The molecule has 1 heteroatoms. The summed E-state index contributed by atoms with van der Waals surface area (Å²) < 4.78 is 5.80. The second-order valence-electron chi connectivity index (χ2n) is 4.94. The van der Waals surface area contributed by atoms with Gasteiger partial charge in [-0.05, 0) is 19.8 Å². The van der Waals surface area contributed by atoms with Crippen LogP contribution in [0.2, 0.25) is 0 Å². The molecule has 1 unspecified atom stereocenters. The van der Waals surface area contributed by atoms with Gasteiger partial charge in [-0.2, -0.15) is 0 Å². The third kappa shape index (κ3) is 12.0. The maximum Gasteiger partial charge on any atom is 0.0547 e. The highest BCUT2D eigenvalue weighted by Crippen LogP contribution is 2.08. The van der Waals surface area contributed by atoms with Crippen LogP contribution in [-0.4, -0.2) is 12.7 Å². The Labute approximate surface area is 103 Å². The first-order valence-corrected chi connectivity index (χ1v) is 7.42. The van der Waals surface area contributed by atoms with Gasteiger partial charge < -0.3 is 4.74 Å². The first-order chi connectivity index (χ1) is 7.81. The van der Waals surface area contributed by atoms with Crippen molar-refractivity contribution in [2.75, 3.05) is 6.61 Å². The summed E-state index contributed by atoms with van der Waals surface area (Å²) in [6.07, 6.45) is 13.8. The zero-order chi connectivity index (χ0) is 12.1. The van der Waals surface area contributed by atoms with Gasteiger partial charge in [-0.15, -0.1) is 0 Å². The lowest BCUT2D eigenvalue weighted by Gasteiger charge is -2.12. The Kier molecular flexibility index (Phi) is 13.0. The minimum absolute atomic E-state index is 0.474. The van der Waals surface area contributed by atoms with Crippen LogP contribution in [0.3, 0.4) is 0 Å². The molecule has 0 aliphatic rings. The monoisotopic (exact) mass is 228 g/mol. The Bertz CT molecular complexity index is 123. The van der Waals surface area contributed by atoms with Gasteiger partial charge in [0, 0.05) is 6.61 Å². The van der Waals surface area contributed by atoms with Crippen molar-refractivity contribution in [1.29, 1.82) is 0 Å². The summed E-state index contributed by atoms with van der Waals surface area (Å²) in [6.45, 7) is 7.70. The van der Waals surface area contributed by atoms with Crippen molar-refractivity contribution in [3.63, 3.8) is 0 Å². The maximum absolute atomic E-state index is 5.80. The lowest BCUT2D eigenvalue weighted by Crippen LogP contribution is -2.09. The summed E-state index contributed by atoms with van der Waals surface area (Å²) in [5.41, 5.74) is 0. The lowest BCUT2D eigenvalue weighted by atomic mass is 10.1. The van der Waals surface area contributed by atoms with E-state index in [1.54, 1.807) is 0 Å². The van der Waals surface area contributed by atoms with Crippen LogP contribution in [0.5, 0.6) is 0 Å². The first-order valence-electron chi connectivity index (χ1n) is 7.42. The predicted octanol–water partition coefficient (Wildman–Crippen LogP) is 5.33. The highest BCUT2D eigenvalue weighted by Gasteiger charge is 2.00. The van der Waals surface area contributed by atoms with E-state index < -0.39 is 0 Å². The molecular weight excluding hydrogens is 196 g/mol. The molecule has 0 heterocycles. The lowest BCUT2D eigenvalue weighted by molar-refractivity contribution is 0.0558. The standard InChI is InChI=1S/C15H32O/c1-4-6-8-9-10-12-14-16-15(3)13-11-7-5-2/h15H,4-14H2,1-3H3. The summed E-state index contributed by atoms with van der Waals surface area (Å²) in [5, 5.41) is 0. The molecule has 0 aliphatic heterocycles. The Morgan fingerprint density at radius 3 is 2.00 bits per heavy atom. The smallest absolute Gasteiger partial charge is 0.0547 e. The van der Waals surface area contributed by atoms with Crippen LogP contribution < -0.4 is 0 Å². The largest absolute Gasteiger partial charge is 0.379 e. The van der Waals surface area contributed by atoms with Crippen LogP contribution in [0.15, 0.2) is 0 Å². The van der Waals surface area contributed by atoms with Crippen LogP contribution >= 0.6 is 0 Å². The van der Waals surface area contributed by atoms with Gasteiger partial charge in [0.15, 0.2) is 0 Å². The first kappa shape index (κ1) is 16.0. The summed E-state index contributed by atoms with van der Waals surface area (Å²) in [5.74, 6) is 0. The van der Waals surface area contributed by atoms with Crippen LogP contribution in [0.4, 0.5) is 0 Å². The molecule has 0 saturated heterocycles. The van der Waals surface area contributed by atoms with Crippen LogP contribution in [-0.2, 0) is 4.74 Å². The molecule has 0 radical (unpaired) electrons. The van der Waals surface area contributed by atoms with Gasteiger partial charge in [0.1, 0.15) is 0 Å². The minimum atomic E-state index is 0.474. The van der Waals surface area contributed by atoms with E-state index in [1.165, 1.54) is 64.2 Å². The van der Waals surface area contributed by atoms with Crippen molar-refractivity contribution in [2.24, 2.45) is 0 Å². The molecule has 0 aromatic heterocycles. The van der Waals surface area contributed by atoms with E-state index in [0.717, 1.165) is 6.61 Å². The van der Waals surface area contributed by atoms with Crippen molar-refractivity contribution in [3.8, 4) is 0 Å². The normalized spacial score (nSPS) is 12.9. The van der Waals surface area contributed by atoms with E-state index in [1.807, 2.05) is 0 Å². The molecule has 1 nitrogen and oxygen atoms in total. The average molecular weight is 228 g/mol. The molecule has 0 aromatic carbocycles. The van der Waals surface area contributed by atoms with Crippen LogP contribution in [0.25, 0.3) is 0 Å². The van der Waals surface area contributed by atoms with Crippen molar-refractivity contribution in [1.82, 2.24) is 0 Å². The van der Waals surface area contributed by atoms with Gasteiger partial charge in [-0.25, -0.2) is 0 Å². The van der Waals surface area contributed by atoms with Gasteiger partial charge in [-0.1, -0.05) is 65.2 Å². The van der Waals surface area contributed by atoms with Crippen LogP contribution in [0.1, 0.15) is 85.0 Å². The fraction of sp³-hybridized carbons (Fsp3) is 1.00. The summed E-state index contributed by atoms with van der Waals surface area (Å²) >= 11 is 0. The zero-order valence-electron chi connectivity index (χ0n) is 11.8. The molecule has 0 aliphatic carbocycles. The van der Waals surface area contributed by atoms with Gasteiger partial charge in [-0.3, -0.25) is 0 Å². The molecule has 0 N–H and O–H groups in total. The summed E-state index contributed by atoms with van der Waals surface area (Å²) in [4.78, 5) is 0. The van der Waals surface area contributed by atoms with Crippen molar-refractivity contribution in [3.05, 3.63) is 0 Å². The molecule has 0 saturated carbocycles. The number of hydrogen-bond donors (Lipinski definition) is 0. The fourth-order valence-electron chi connectivity index (χ4n) is 1.93. The van der Waals surface area contributed by atoms with E-state index in [2.05, 4.69) is 20.8 Å². The van der Waals surface area contributed by atoms with Gasteiger partial charge >= 0.3 is 0 Å². The number of unbranched alkanes of at least 4 members (excludes halogenated alkanes) is 7. The zero-order valence-corrected chi connectivity index (χ0v) is 11.8. The maximum atomic E-state index is 5.80. The quantitative estimate of drug-likeness (QED) is 0.410. The summed E-state index contributed by atoms with van der Waals surface area (Å²) in [6, 6.07) is 0. The Hall–Kier alpha value is -0.0400. The number of hydrogen-bond acceptors (Lipinski definition) is 1. The van der Waals surface area contributed by atoms with Gasteiger partial charge in [0.05, 0.1) is 6.10 Å². The van der Waals surface area contributed by atoms with Crippen molar-refractivity contribution >= 4 is 0 Å². The molecule has 0 aromatic rings. The third-order valence-electron chi connectivity index (χ3n) is 3.11. The highest BCUT2D eigenvalue weighted by molar-refractivity contribution is 4.51. The molecule has 0 bridgehead atoms. The van der Waals surface area contributed by atoms with Crippen molar-refractivity contribution in [2.45, 2.75) is 91.1 Å². The molecular formula is C15H32O. The molecule has 0 amide bonds. The fourth-order valence-corrected chi connectivity index (χ4v) is 1.93. The van der Waals surface area contributed by atoms with Crippen molar-refractivity contribution < 1.29 is 4.74 Å². The number of ether oxygens (including phenoxy) is 1. The molecule has 0 spiro atoms. The van der Waals surface area contributed by atoms with E-state index in [0.29, 0.717) is 6.10 Å². The van der Waals surface area contributed by atoms with E-state index in [4.69, 9.17) is 4.74 Å². The summed E-state index contributed by atoms with van der Waals surface area (Å²) in [7, 11) is 0. The molecule has 16 heavy (non-hydrogen) atoms. The highest BCUT2D eigenvalue weighted by atomic mass is 16.5. The Balaban J connectivity index is 3.06. The second-order valence-corrected chi connectivity index (χ2v) is 4.94. The topological polar surface area (TPSA) is 9.23 Å². The minimum Gasteiger partial charge on any atom is -0.379 e. The SMILES string of the molecule is CCCCCCCCOC(C)CCCCC. The molecule has 0 rings (SSSR count). The van der Waals surface area contributed by atoms with Crippen LogP contribution in [0, 0.1) is 0 Å².